The summed E-state index contributed by atoms with van der Waals surface area (Å²) < 4.78 is 6.15. The summed E-state index contributed by atoms with van der Waals surface area (Å²) in [5, 5.41) is 3.85. The maximum absolute atomic E-state index is 6.15. The fraction of sp³-hybridized carbons (Fsp3) is 1.00. The molecule has 17 heavy (non-hydrogen) atoms. The molecule has 0 amide bonds. The predicted molar refractivity (Wildman–Crippen MR) is 72.2 cm³/mol. The van der Waals surface area contributed by atoms with Crippen molar-refractivity contribution < 1.29 is 4.74 Å². The highest BCUT2D eigenvalue weighted by atomic mass is 16.5. The van der Waals surface area contributed by atoms with Gasteiger partial charge in [0, 0.05) is 12.1 Å². The van der Waals surface area contributed by atoms with Crippen LogP contribution in [0, 0.1) is 5.41 Å². The van der Waals surface area contributed by atoms with Crippen LogP contribution in [0.5, 0.6) is 0 Å². The quantitative estimate of drug-likeness (QED) is 0.796. The monoisotopic (exact) mass is 239 g/mol. The summed E-state index contributed by atoms with van der Waals surface area (Å²) in [4.78, 5) is 0. The van der Waals surface area contributed by atoms with Crippen molar-refractivity contribution in [1.29, 1.82) is 0 Å². The van der Waals surface area contributed by atoms with Gasteiger partial charge in [0.2, 0.25) is 0 Å². The van der Waals surface area contributed by atoms with E-state index in [9.17, 15) is 0 Å². The van der Waals surface area contributed by atoms with Crippen LogP contribution >= 0.6 is 0 Å². The highest BCUT2D eigenvalue weighted by Gasteiger charge is 2.47. The number of nitrogens with one attached hydrogen (secondary N) is 1. The molecular formula is C15H29NO. The van der Waals surface area contributed by atoms with Gasteiger partial charge in [-0.25, -0.2) is 0 Å². The maximum atomic E-state index is 6.15. The van der Waals surface area contributed by atoms with Crippen molar-refractivity contribution in [1.82, 2.24) is 5.32 Å². The van der Waals surface area contributed by atoms with Crippen LogP contribution in [0.15, 0.2) is 0 Å². The summed E-state index contributed by atoms with van der Waals surface area (Å²) >= 11 is 0. The zero-order valence-corrected chi connectivity index (χ0v) is 12.4. The summed E-state index contributed by atoms with van der Waals surface area (Å²) in [6.45, 7) is 13.6. The topological polar surface area (TPSA) is 21.3 Å². The molecule has 1 saturated heterocycles. The minimum absolute atomic E-state index is 0.0231. The van der Waals surface area contributed by atoms with E-state index in [0.717, 1.165) is 6.42 Å². The lowest BCUT2D eigenvalue weighted by Crippen LogP contribution is -2.47. The average molecular weight is 239 g/mol. The SMILES string of the molecule is CC1(C)CCC(NC2CC(C)(C)OC2(C)C)C1. The summed E-state index contributed by atoms with van der Waals surface area (Å²) in [5.41, 5.74) is 0.516. The Bertz CT molecular complexity index is 293. The Balaban J connectivity index is 1.96. The molecule has 0 aromatic rings. The average Bonchev–Trinajstić information content (AvgIpc) is 2.50. The van der Waals surface area contributed by atoms with Gasteiger partial charge in [0.1, 0.15) is 0 Å². The van der Waals surface area contributed by atoms with Gasteiger partial charge in [0.25, 0.3) is 0 Å². The van der Waals surface area contributed by atoms with E-state index in [4.69, 9.17) is 4.74 Å². The molecule has 2 heteroatoms. The molecule has 2 fully saturated rings. The van der Waals surface area contributed by atoms with Crippen LogP contribution in [0.2, 0.25) is 0 Å². The van der Waals surface area contributed by atoms with Gasteiger partial charge in [0.05, 0.1) is 11.2 Å². The second kappa shape index (κ2) is 3.96. The van der Waals surface area contributed by atoms with Gasteiger partial charge in [-0.2, -0.15) is 0 Å². The third-order valence-corrected chi connectivity index (χ3v) is 4.48. The van der Waals surface area contributed by atoms with E-state index in [1.165, 1.54) is 19.3 Å². The molecule has 2 nitrogen and oxygen atoms in total. The van der Waals surface area contributed by atoms with Crippen molar-refractivity contribution in [2.75, 3.05) is 0 Å². The minimum Gasteiger partial charge on any atom is -0.368 e. The Morgan fingerprint density at radius 3 is 2.06 bits per heavy atom. The first-order valence-corrected chi connectivity index (χ1v) is 7.06. The van der Waals surface area contributed by atoms with Gasteiger partial charge in [0.15, 0.2) is 0 Å². The van der Waals surface area contributed by atoms with Crippen LogP contribution in [-0.2, 0) is 4.74 Å². The molecule has 1 heterocycles. The van der Waals surface area contributed by atoms with Crippen molar-refractivity contribution in [3.8, 4) is 0 Å². The Labute approximate surface area is 107 Å². The van der Waals surface area contributed by atoms with Gasteiger partial charge >= 0.3 is 0 Å². The van der Waals surface area contributed by atoms with Crippen molar-refractivity contribution in [2.24, 2.45) is 5.41 Å². The van der Waals surface area contributed by atoms with Crippen molar-refractivity contribution in [2.45, 2.75) is 90.5 Å². The highest BCUT2D eigenvalue weighted by molar-refractivity contribution is 5.01. The molecule has 2 aliphatic rings. The number of hydrogen-bond donors (Lipinski definition) is 1. The molecule has 2 rings (SSSR count). The second-order valence-corrected chi connectivity index (χ2v) is 7.99. The Morgan fingerprint density at radius 2 is 1.65 bits per heavy atom. The lowest BCUT2D eigenvalue weighted by Gasteiger charge is -2.30. The fourth-order valence-electron chi connectivity index (χ4n) is 3.68. The van der Waals surface area contributed by atoms with Crippen LogP contribution in [0.25, 0.3) is 0 Å². The lowest BCUT2D eigenvalue weighted by atomic mass is 9.90. The lowest BCUT2D eigenvalue weighted by molar-refractivity contribution is -0.0704. The molecule has 0 bridgehead atoms. The van der Waals surface area contributed by atoms with Gasteiger partial charge in [-0.15, -0.1) is 0 Å². The summed E-state index contributed by atoms with van der Waals surface area (Å²) in [7, 11) is 0. The van der Waals surface area contributed by atoms with Gasteiger partial charge in [-0.3, -0.25) is 0 Å². The van der Waals surface area contributed by atoms with E-state index in [-0.39, 0.29) is 11.2 Å². The van der Waals surface area contributed by atoms with Gasteiger partial charge in [-0.05, 0) is 58.8 Å². The third-order valence-electron chi connectivity index (χ3n) is 4.48. The van der Waals surface area contributed by atoms with Gasteiger partial charge < -0.3 is 10.1 Å². The smallest absolute Gasteiger partial charge is 0.0787 e. The molecule has 1 aliphatic heterocycles. The number of hydrogen-bond acceptors (Lipinski definition) is 2. The van der Waals surface area contributed by atoms with E-state index in [2.05, 4.69) is 46.9 Å². The van der Waals surface area contributed by atoms with Crippen molar-refractivity contribution in [3.05, 3.63) is 0 Å². The van der Waals surface area contributed by atoms with E-state index >= 15 is 0 Å². The molecule has 0 spiro atoms. The Kier molecular flexibility index (Phi) is 3.11. The summed E-state index contributed by atoms with van der Waals surface area (Å²) in [6.07, 6.45) is 5.10. The zero-order chi connectivity index (χ0) is 12.9. The van der Waals surface area contributed by atoms with Crippen LogP contribution in [0.4, 0.5) is 0 Å². The molecule has 2 unspecified atom stereocenters. The molecule has 0 radical (unpaired) electrons. The first kappa shape index (κ1) is 13.4. The summed E-state index contributed by atoms with van der Waals surface area (Å²) in [5.74, 6) is 0. The van der Waals surface area contributed by atoms with Gasteiger partial charge in [-0.1, -0.05) is 13.8 Å². The van der Waals surface area contributed by atoms with Crippen LogP contribution in [0.3, 0.4) is 0 Å². The largest absolute Gasteiger partial charge is 0.368 e. The molecule has 1 aliphatic carbocycles. The van der Waals surface area contributed by atoms with Crippen molar-refractivity contribution >= 4 is 0 Å². The molecule has 1 N–H and O–H groups in total. The first-order valence-electron chi connectivity index (χ1n) is 7.06. The van der Waals surface area contributed by atoms with Crippen LogP contribution < -0.4 is 5.32 Å². The van der Waals surface area contributed by atoms with E-state index in [1.54, 1.807) is 0 Å². The molecule has 0 aromatic carbocycles. The molecule has 2 atom stereocenters. The molecule has 100 valence electrons. The normalized spacial score (nSPS) is 38.5. The molecular weight excluding hydrogens is 210 g/mol. The van der Waals surface area contributed by atoms with E-state index in [0.29, 0.717) is 17.5 Å². The van der Waals surface area contributed by atoms with Crippen molar-refractivity contribution in [3.63, 3.8) is 0 Å². The number of rotatable bonds is 2. The maximum Gasteiger partial charge on any atom is 0.0787 e. The minimum atomic E-state index is -0.0315. The second-order valence-electron chi connectivity index (χ2n) is 7.99. The predicted octanol–water partition coefficient (Wildman–Crippen LogP) is 3.50. The summed E-state index contributed by atoms with van der Waals surface area (Å²) in [6, 6.07) is 1.18. The first-order chi connectivity index (χ1) is 7.60. The standard InChI is InChI=1S/C15H29NO/c1-13(2)8-7-11(9-13)16-12-10-14(3,4)17-15(12,5)6/h11-12,16H,7-10H2,1-6H3. The van der Waals surface area contributed by atoms with E-state index < -0.39 is 0 Å². The molecule has 1 saturated carbocycles. The zero-order valence-electron chi connectivity index (χ0n) is 12.4. The van der Waals surface area contributed by atoms with Crippen LogP contribution in [-0.4, -0.2) is 23.3 Å². The fourth-order valence-corrected chi connectivity index (χ4v) is 3.68. The highest BCUT2D eigenvalue weighted by Crippen LogP contribution is 2.41. The Hall–Kier alpha value is -0.0800. The molecule has 0 aromatic heterocycles. The third kappa shape index (κ3) is 3.03. The van der Waals surface area contributed by atoms with Crippen LogP contribution in [0.1, 0.15) is 67.2 Å². The Morgan fingerprint density at radius 1 is 1.00 bits per heavy atom. The number of ether oxygens (including phenoxy) is 1. The van der Waals surface area contributed by atoms with E-state index in [1.807, 2.05) is 0 Å².